The average molecular weight is 532 g/mol. The smallest absolute Gasteiger partial charge is 0.194 e. The van der Waals surface area contributed by atoms with Gasteiger partial charge in [-0.3, -0.25) is 0 Å². The lowest BCUT2D eigenvalue weighted by Crippen LogP contribution is -2.40. The molecule has 0 aromatic heterocycles. The fourth-order valence-electron chi connectivity index (χ4n) is 4.18. The van der Waals surface area contributed by atoms with E-state index >= 15 is 0 Å². The highest BCUT2D eigenvalue weighted by Crippen LogP contribution is 2.28. The molecular formula is C22H37IN4O3. The van der Waals surface area contributed by atoms with Crippen LogP contribution < -0.4 is 14.8 Å². The van der Waals surface area contributed by atoms with Crippen LogP contribution in [0.5, 0.6) is 11.5 Å². The van der Waals surface area contributed by atoms with Crippen LogP contribution in [0, 0.1) is 5.92 Å². The predicted molar refractivity (Wildman–Crippen MR) is 131 cm³/mol. The number of aliphatic hydroxyl groups is 1. The first-order chi connectivity index (χ1) is 14.2. The number of nitrogens with one attached hydrogen (secondary N) is 1. The molecule has 0 saturated carbocycles. The first-order valence-corrected chi connectivity index (χ1v) is 10.9. The van der Waals surface area contributed by atoms with Gasteiger partial charge < -0.3 is 29.7 Å². The maximum atomic E-state index is 8.95. The SMILES string of the molecule is CCNC(=NCc1ccc(OCCO)c(OC)c1)N1CCC(CN2CCCC2)C1.I. The van der Waals surface area contributed by atoms with Crippen molar-refractivity contribution in [2.45, 2.75) is 32.7 Å². The van der Waals surface area contributed by atoms with Gasteiger partial charge >= 0.3 is 0 Å². The second-order valence-electron chi connectivity index (χ2n) is 7.84. The minimum Gasteiger partial charge on any atom is -0.493 e. The molecule has 2 saturated heterocycles. The van der Waals surface area contributed by atoms with E-state index in [4.69, 9.17) is 19.6 Å². The van der Waals surface area contributed by atoms with E-state index in [9.17, 15) is 0 Å². The first-order valence-electron chi connectivity index (χ1n) is 10.9. The number of aliphatic hydroxyl groups excluding tert-OH is 1. The predicted octanol–water partition coefficient (Wildman–Crippen LogP) is 2.57. The molecule has 0 aliphatic carbocycles. The van der Waals surface area contributed by atoms with Crippen molar-refractivity contribution in [2.75, 3.05) is 59.6 Å². The minimum atomic E-state index is -0.0180. The van der Waals surface area contributed by atoms with Gasteiger partial charge in [-0.25, -0.2) is 4.99 Å². The molecule has 170 valence electrons. The van der Waals surface area contributed by atoms with Crippen LogP contribution in [-0.4, -0.2) is 80.5 Å². The van der Waals surface area contributed by atoms with E-state index in [2.05, 4.69) is 22.0 Å². The van der Waals surface area contributed by atoms with Gasteiger partial charge in [0.2, 0.25) is 0 Å². The van der Waals surface area contributed by atoms with Crippen LogP contribution in [0.25, 0.3) is 0 Å². The lowest BCUT2D eigenvalue weighted by molar-refractivity contribution is 0.196. The van der Waals surface area contributed by atoms with Gasteiger partial charge in [-0.1, -0.05) is 6.07 Å². The van der Waals surface area contributed by atoms with Crippen molar-refractivity contribution in [3.8, 4) is 11.5 Å². The van der Waals surface area contributed by atoms with Gasteiger partial charge in [0, 0.05) is 26.2 Å². The molecule has 1 atom stereocenters. The Hall–Kier alpha value is -1.26. The summed E-state index contributed by atoms with van der Waals surface area (Å²) < 4.78 is 10.9. The number of halogens is 1. The maximum Gasteiger partial charge on any atom is 0.194 e. The second kappa shape index (κ2) is 13.2. The van der Waals surface area contributed by atoms with Crippen LogP contribution in [0.2, 0.25) is 0 Å². The Labute approximate surface area is 197 Å². The Morgan fingerprint density at radius 3 is 2.73 bits per heavy atom. The molecule has 0 amide bonds. The topological polar surface area (TPSA) is 69.6 Å². The lowest BCUT2D eigenvalue weighted by atomic mass is 10.1. The quantitative estimate of drug-likeness (QED) is 0.290. The first kappa shape index (κ1) is 25.0. The molecule has 2 aliphatic heterocycles. The largest absolute Gasteiger partial charge is 0.493 e. The van der Waals surface area contributed by atoms with Crippen LogP contribution in [-0.2, 0) is 6.54 Å². The van der Waals surface area contributed by atoms with Gasteiger partial charge in [-0.2, -0.15) is 0 Å². The summed E-state index contributed by atoms with van der Waals surface area (Å²) in [5.41, 5.74) is 1.07. The normalized spacial score (nSPS) is 19.6. The molecule has 0 bridgehead atoms. The summed E-state index contributed by atoms with van der Waals surface area (Å²) >= 11 is 0. The number of hydrogen-bond acceptors (Lipinski definition) is 5. The van der Waals surface area contributed by atoms with Crippen molar-refractivity contribution in [3.63, 3.8) is 0 Å². The Kier molecular flexibility index (Phi) is 11.0. The third kappa shape index (κ3) is 7.16. The summed E-state index contributed by atoms with van der Waals surface area (Å²) in [7, 11) is 1.63. The molecule has 7 nitrogen and oxygen atoms in total. The molecule has 1 aromatic rings. The highest BCUT2D eigenvalue weighted by atomic mass is 127. The molecule has 2 aliphatic rings. The van der Waals surface area contributed by atoms with Gasteiger partial charge in [0.1, 0.15) is 6.61 Å². The number of ether oxygens (including phenoxy) is 2. The molecule has 8 heteroatoms. The summed E-state index contributed by atoms with van der Waals surface area (Å²) in [5, 5.41) is 12.4. The third-order valence-electron chi connectivity index (χ3n) is 5.62. The van der Waals surface area contributed by atoms with Crippen molar-refractivity contribution in [2.24, 2.45) is 10.9 Å². The van der Waals surface area contributed by atoms with E-state index in [-0.39, 0.29) is 37.2 Å². The van der Waals surface area contributed by atoms with Crippen molar-refractivity contribution >= 4 is 29.9 Å². The van der Waals surface area contributed by atoms with Crippen LogP contribution in [0.3, 0.4) is 0 Å². The summed E-state index contributed by atoms with van der Waals surface area (Å²) in [6, 6.07) is 5.84. The molecule has 2 fully saturated rings. The number of aliphatic imine (C=N–C) groups is 1. The van der Waals surface area contributed by atoms with E-state index in [1.165, 1.54) is 38.9 Å². The number of methoxy groups -OCH3 is 1. The minimum absolute atomic E-state index is 0. The van der Waals surface area contributed by atoms with Crippen molar-refractivity contribution in [1.29, 1.82) is 0 Å². The Balaban J connectivity index is 0.00000320. The molecule has 1 aromatic carbocycles. The summed E-state index contributed by atoms with van der Waals surface area (Å²) in [6.45, 7) is 9.72. The number of benzene rings is 1. The fraction of sp³-hybridized carbons (Fsp3) is 0.682. The number of nitrogens with zero attached hydrogens (tertiary/aromatic N) is 3. The van der Waals surface area contributed by atoms with Gasteiger partial charge in [0.05, 0.1) is 20.3 Å². The van der Waals surface area contributed by atoms with E-state index < -0.39 is 0 Å². The summed E-state index contributed by atoms with van der Waals surface area (Å²) in [6.07, 6.45) is 3.95. The maximum absolute atomic E-state index is 8.95. The third-order valence-corrected chi connectivity index (χ3v) is 5.62. The zero-order valence-corrected chi connectivity index (χ0v) is 20.6. The molecule has 2 N–H and O–H groups in total. The Bertz CT molecular complexity index is 668. The van der Waals surface area contributed by atoms with Crippen LogP contribution >= 0.6 is 24.0 Å². The Morgan fingerprint density at radius 2 is 2.03 bits per heavy atom. The monoisotopic (exact) mass is 532 g/mol. The number of guanidine groups is 1. The second-order valence-corrected chi connectivity index (χ2v) is 7.84. The molecule has 3 rings (SSSR count). The lowest BCUT2D eigenvalue weighted by Gasteiger charge is -2.23. The molecule has 0 spiro atoms. The number of rotatable bonds is 9. The zero-order chi connectivity index (χ0) is 20.5. The van der Waals surface area contributed by atoms with Gasteiger partial charge in [0.15, 0.2) is 17.5 Å². The molecule has 0 radical (unpaired) electrons. The molecular weight excluding hydrogens is 495 g/mol. The zero-order valence-electron chi connectivity index (χ0n) is 18.3. The summed E-state index contributed by atoms with van der Waals surface area (Å²) in [5.74, 6) is 3.05. The van der Waals surface area contributed by atoms with E-state index in [1.807, 2.05) is 18.2 Å². The Morgan fingerprint density at radius 1 is 1.23 bits per heavy atom. The molecule has 1 unspecified atom stereocenters. The van der Waals surface area contributed by atoms with Crippen molar-refractivity contribution < 1.29 is 14.6 Å². The van der Waals surface area contributed by atoms with E-state index in [1.54, 1.807) is 7.11 Å². The van der Waals surface area contributed by atoms with Crippen molar-refractivity contribution in [3.05, 3.63) is 23.8 Å². The molecule has 30 heavy (non-hydrogen) atoms. The summed E-state index contributed by atoms with van der Waals surface area (Å²) in [4.78, 5) is 9.90. The van der Waals surface area contributed by atoms with Crippen LogP contribution in [0.4, 0.5) is 0 Å². The van der Waals surface area contributed by atoms with Crippen LogP contribution in [0.15, 0.2) is 23.2 Å². The number of hydrogen-bond donors (Lipinski definition) is 2. The standard InChI is InChI=1S/C22H36N4O3.HI/c1-3-23-22(26-11-8-19(17-26)16-25-9-4-5-10-25)24-15-18-6-7-20(29-13-12-27)21(14-18)28-2;/h6-7,14,19,27H,3-5,8-13,15-17H2,1-2H3,(H,23,24);1H. The fourth-order valence-corrected chi connectivity index (χ4v) is 4.18. The van der Waals surface area contributed by atoms with Crippen LogP contribution in [0.1, 0.15) is 31.7 Å². The van der Waals surface area contributed by atoms with E-state index in [0.717, 1.165) is 37.1 Å². The number of likely N-dealkylation sites (tertiary alicyclic amines) is 2. The van der Waals surface area contributed by atoms with Crippen molar-refractivity contribution in [1.82, 2.24) is 15.1 Å². The van der Waals surface area contributed by atoms with Gasteiger partial charge in [-0.05, 0) is 62.9 Å². The van der Waals surface area contributed by atoms with Gasteiger partial charge in [0.25, 0.3) is 0 Å². The van der Waals surface area contributed by atoms with Gasteiger partial charge in [-0.15, -0.1) is 24.0 Å². The average Bonchev–Trinajstić information content (AvgIpc) is 3.42. The highest BCUT2D eigenvalue weighted by molar-refractivity contribution is 14.0. The molecule has 2 heterocycles. The van der Waals surface area contributed by atoms with E-state index in [0.29, 0.717) is 18.0 Å². The highest BCUT2D eigenvalue weighted by Gasteiger charge is 2.27.